The van der Waals surface area contributed by atoms with Gasteiger partial charge in [0.15, 0.2) is 0 Å². The van der Waals surface area contributed by atoms with Crippen LogP contribution in [0.4, 0.5) is 0 Å². The first-order valence-corrected chi connectivity index (χ1v) is 10.2. The number of carboxylic acids is 1. The number of hydrogen-bond acceptors (Lipinski definition) is 5. The third-order valence-corrected chi connectivity index (χ3v) is 5.62. The zero-order chi connectivity index (χ0) is 20.8. The lowest BCUT2D eigenvalue weighted by Gasteiger charge is -2.06. The minimum Gasteiger partial charge on any atom is -0.497 e. The van der Waals surface area contributed by atoms with E-state index < -0.39 is 5.97 Å². The van der Waals surface area contributed by atoms with Gasteiger partial charge in [-0.15, -0.1) is 11.3 Å². The van der Waals surface area contributed by atoms with E-state index >= 15 is 0 Å². The quantitative estimate of drug-likeness (QED) is 0.379. The van der Waals surface area contributed by atoms with Crippen molar-refractivity contribution in [3.05, 3.63) is 75.6 Å². The summed E-state index contributed by atoms with van der Waals surface area (Å²) < 4.78 is 5.23. The van der Waals surface area contributed by atoms with Crippen LogP contribution in [0.3, 0.4) is 0 Å². The highest BCUT2D eigenvalue weighted by molar-refractivity contribution is 7.17. The van der Waals surface area contributed by atoms with Gasteiger partial charge in [0.2, 0.25) is 0 Å². The number of rotatable bonds is 8. The Balaban J connectivity index is 2.09. The molecule has 1 heterocycles. The van der Waals surface area contributed by atoms with Gasteiger partial charge in [-0.1, -0.05) is 28.9 Å². The molecule has 0 unspecified atom stereocenters. The van der Waals surface area contributed by atoms with Crippen molar-refractivity contribution in [2.45, 2.75) is 13.3 Å². The summed E-state index contributed by atoms with van der Waals surface area (Å²) in [6.45, 7) is 2.29. The van der Waals surface area contributed by atoms with Crippen molar-refractivity contribution in [2.24, 2.45) is 5.16 Å². The first kappa shape index (κ1) is 20.9. The lowest BCUT2D eigenvalue weighted by atomic mass is 10.0. The average Bonchev–Trinajstić information content (AvgIpc) is 3.12. The Morgan fingerprint density at radius 3 is 2.41 bits per heavy atom. The number of methoxy groups -OCH3 is 1. The first-order chi connectivity index (χ1) is 14.0. The van der Waals surface area contributed by atoms with E-state index in [0.717, 1.165) is 32.2 Å². The number of hydrogen-bond donors (Lipinski definition) is 1. The van der Waals surface area contributed by atoms with Gasteiger partial charge in [0, 0.05) is 15.5 Å². The molecule has 29 heavy (non-hydrogen) atoms. The summed E-state index contributed by atoms with van der Waals surface area (Å²) in [5.74, 6) is -0.151. The molecule has 0 aliphatic heterocycles. The van der Waals surface area contributed by atoms with E-state index in [0.29, 0.717) is 17.3 Å². The highest BCUT2D eigenvalue weighted by atomic mass is 35.5. The van der Waals surface area contributed by atoms with Crippen molar-refractivity contribution in [1.29, 1.82) is 0 Å². The molecule has 2 aromatic carbocycles. The molecule has 3 aromatic rings. The molecule has 0 aliphatic carbocycles. The standard InChI is InChI=1S/C22H20ClNO4S/c1-3-28-24-21(14-6-10-18(27-2)11-7-14)19-12-16(13-20(25)26)22(29-19)15-4-8-17(23)9-5-15/h4-12H,3,13H2,1-2H3,(H,25,26)/b24-21-. The molecule has 1 N–H and O–H groups in total. The van der Waals surface area contributed by atoms with Crippen LogP contribution in [0.1, 0.15) is 22.9 Å². The Morgan fingerprint density at radius 1 is 1.14 bits per heavy atom. The summed E-state index contributed by atoms with van der Waals surface area (Å²) in [7, 11) is 1.61. The third-order valence-electron chi connectivity index (χ3n) is 4.14. The zero-order valence-electron chi connectivity index (χ0n) is 16.0. The second kappa shape index (κ2) is 9.58. The summed E-state index contributed by atoms with van der Waals surface area (Å²) in [5.41, 5.74) is 3.13. The highest BCUT2D eigenvalue weighted by Crippen LogP contribution is 2.35. The van der Waals surface area contributed by atoms with Gasteiger partial charge in [-0.3, -0.25) is 4.79 Å². The second-order valence-electron chi connectivity index (χ2n) is 6.13. The van der Waals surface area contributed by atoms with Gasteiger partial charge in [0.25, 0.3) is 0 Å². The van der Waals surface area contributed by atoms with Crippen molar-refractivity contribution < 1.29 is 19.5 Å². The maximum absolute atomic E-state index is 11.4. The number of carbonyl (C=O) groups is 1. The molecular weight excluding hydrogens is 410 g/mol. The smallest absolute Gasteiger partial charge is 0.307 e. The van der Waals surface area contributed by atoms with Crippen molar-refractivity contribution in [3.63, 3.8) is 0 Å². The summed E-state index contributed by atoms with van der Waals surface area (Å²) in [5, 5.41) is 14.3. The van der Waals surface area contributed by atoms with Gasteiger partial charge in [0.1, 0.15) is 18.1 Å². The van der Waals surface area contributed by atoms with Crippen molar-refractivity contribution in [1.82, 2.24) is 0 Å². The first-order valence-electron chi connectivity index (χ1n) is 8.97. The van der Waals surface area contributed by atoms with Gasteiger partial charge in [0.05, 0.1) is 18.4 Å². The van der Waals surface area contributed by atoms with Crippen LogP contribution in [-0.4, -0.2) is 30.5 Å². The molecule has 1 aromatic heterocycles. The Bertz CT molecular complexity index is 1010. The lowest BCUT2D eigenvalue weighted by molar-refractivity contribution is -0.136. The van der Waals surface area contributed by atoms with Gasteiger partial charge in [-0.2, -0.15) is 0 Å². The van der Waals surface area contributed by atoms with Crippen LogP contribution in [0.5, 0.6) is 5.75 Å². The molecule has 7 heteroatoms. The highest BCUT2D eigenvalue weighted by Gasteiger charge is 2.19. The molecule has 0 saturated carbocycles. The molecule has 150 valence electrons. The Labute approximate surface area is 178 Å². The lowest BCUT2D eigenvalue weighted by Crippen LogP contribution is -2.03. The molecule has 0 spiro atoms. The molecule has 0 aliphatic rings. The van der Waals surface area contributed by atoms with Crippen LogP contribution in [0, 0.1) is 0 Å². The third kappa shape index (κ3) is 5.16. The predicted molar refractivity (Wildman–Crippen MR) is 116 cm³/mol. The van der Waals surface area contributed by atoms with E-state index in [9.17, 15) is 9.90 Å². The number of halogens is 1. The van der Waals surface area contributed by atoms with Gasteiger partial charge in [-0.25, -0.2) is 0 Å². The molecule has 0 fully saturated rings. The maximum Gasteiger partial charge on any atom is 0.307 e. The topological polar surface area (TPSA) is 68.1 Å². The fraction of sp³-hybridized carbons (Fsp3) is 0.182. The molecule has 0 radical (unpaired) electrons. The van der Waals surface area contributed by atoms with Crippen molar-refractivity contribution in [2.75, 3.05) is 13.7 Å². The monoisotopic (exact) mass is 429 g/mol. The predicted octanol–water partition coefficient (Wildman–Crippen LogP) is 5.49. The summed E-state index contributed by atoms with van der Waals surface area (Å²) in [6, 6.07) is 16.7. The normalized spacial score (nSPS) is 11.3. The van der Waals surface area contributed by atoms with Crippen LogP contribution in [-0.2, 0) is 16.1 Å². The van der Waals surface area contributed by atoms with E-state index in [2.05, 4.69) is 5.16 Å². The van der Waals surface area contributed by atoms with Gasteiger partial charge in [-0.05, 0) is 60.5 Å². The van der Waals surface area contributed by atoms with E-state index in [1.165, 1.54) is 11.3 Å². The van der Waals surface area contributed by atoms with Crippen LogP contribution >= 0.6 is 22.9 Å². The Kier molecular flexibility index (Phi) is 6.90. The van der Waals surface area contributed by atoms with Crippen LogP contribution < -0.4 is 4.74 Å². The summed E-state index contributed by atoms with van der Waals surface area (Å²) in [4.78, 5) is 18.5. The molecule has 5 nitrogen and oxygen atoms in total. The van der Waals surface area contributed by atoms with Crippen molar-refractivity contribution in [3.8, 4) is 16.2 Å². The molecule has 0 bridgehead atoms. The number of aliphatic carboxylic acids is 1. The largest absolute Gasteiger partial charge is 0.497 e. The Morgan fingerprint density at radius 2 is 1.83 bits per heavy atom. The van der Waals surface area contributed by atoms with Crippen LogP contribution in [0.15, 0.2) is 59.8 Å². The van der Waals surface area contributed by atoms with E-state index in [-0.39, 0.29) is 6.42 Å². The number of carboxylic acid groups (broad SMARTS) is 1. The Hall–Kier alpha value is -2.83. The van der Waals surface area contributed by atoms with Gasteiger partial charge >= 0.3 is 5.97 Å². The fourth-order valence-electron chi connectivity index (χ4n) is 2.80. The minimum atomic E-state index is -0.891. The van der Waals surface area contributed by atoms with E-state index in [1.54, 1.807) is 19.2 Å². The SMILES string of the molecule is CCO/N=C(/c1ccc(OC)cc1)c1cc(CC(=O)O)c(-c2ccc(Cl)cc2)s1. The number of thiophene rings is 1. The number of oxime groups is 1. The van der Waals surface area contributed by atoms with E-state index in [4.69, 9.17) is 21.2 Å². The van der Waals surface area contributed by atoms with E-state index in [1.807, 2.05) is 49.4 Å². The summed E-state index contributed by atoms with van der Waals surface area (Å²) in [6.07, 6.45) is -0.0843. The number of benzene rings is 2. The average molecular weight is 430 g/mol. The molecule has 0 atom stereocenters. The minimum absolute atomic E-state index is 0.0843. The van der Waals surface area contributed by atoms with Crippen LogP contribution in [0.25, 0.3) is 10.4 Å². The number of ether oxygens (including phenoxy) is 1. The second-order valence-corrected chi connectivity index (χ2v) is 7.62. The number of nitrogens with zero attached hydrogens (tertiary/aromatic N) is 1. The molecular formula is C22H20ClNO4S. The maximum atomic E-state index is 11.4. The molecule has 3 rings (SSSR count). The zero-order valence-corrected chi connectivity index (χ0v) is 17.6. The summed E-state index contributed by atoms with van der Waals surface area (Å²) >= 11 is 7.48. The molecule has 0 saturated heterocycles. The molecule has 0 amide bonds. The van der Waals surface area contributed by atoms with Crippen LogP contribution in [0.2, 0.25) is 5.02 Å². The fourth-order valence-corrected chi connectivity index (χ4v) is 4.12. The van der Waals surface area contributed by atoms with Crippen molar-refractivity contribution >= 4 is 34.6 Å². The van der Waals surface area contributed by atoms with Gasteiger partial charge < -0.3 is 14.7 Å².